The number of hydrogen-bond donors (Lipinski definition) is 0. The van der Waals surface area contributed by atoms with Crippen LogP contribution in [0.25, 0.3) is 0 Å². The summed E-state index contributed by atoms with van der Waals surface area (Å²) in [6.07, 6.45) is 10.4. The topological polar surface area (TPSA) is 84.3 Å². The van der Waals surface area contributed by atoms with E-state index in [1.165, 1.54) is 8.61 Å². The van der Waals surface area contributed by atoms with E-state index in [2.05, 4.69) is 10.1 Å². The van der Waals surface area contributed by atoms with Crippen LogP contribution >= 0.6 is 0 Å². The quantitative estimate of drug-likeness (QED) is 0.309. The molecule has 1 aromatic carbocycles. The lowest BCUT2D eigenvalue weighted by atomic mass is 10.2. The molecule has 0 spiro atoms. The van der Waals surface area contributed by atoms with E-state index < -0.39 is 10.2 Å². The number of benzene rings is 1. The first kappa shape index (κ1) is 21.6. The number of hydrogen-bond acceptors (Lipinski definition) is 6. The normalized spacial score (nSPS) is 15.1. The molecule has 30 heavy (non-hydrogen) atoms. The maximum Gasteiger partial charge on any atom is 0.329 e. The first-order valence-corrected chi connectivity index (χ1v) is 11.3. The molecule has 1 aliphatic heterocycles. The predicted molar refractivity (Wildman–Crippen MR) is 116 cm³/mol. The lowest BCUT2D eigenvalue weighted by Crippen LogP contribution is -2.33. The van der Waals surface area contributed by atoms with Gasteiger partial charge < -0.3 is 9.57 Å². The van der Waals surface area contributed by atoms with Crippen molar-refractivity contribution >= 4 is 22.1 Å². The van der Waals surface area contributed by atoms with Gasteiger partial charge in [-0.1, -0.05) is 5.16 Å². The fraction of sp³-hybridized carbons (Fsp3) is 0.333. The van der Waals surface area contributed by atoms with Gasteiger partial charge in [0.25, 0.3) is 0 Å². The Morgan fingerprint density at radius 2 is 1.80 bits per heavy atom. The van der Waals surface area contributed by atoms with Gasteiger partial charge in [0.1, 0.15) is 12.4 Å². The summed E-state index contributed by atoms with van der Waals surface area (Å²) in [6, 6.07) is 10.9. The molecule has 1 aromatic heterocycles. The molecule has 0 atom stereocenters. The molecule has 160 valence electrons. The third-order valence-electron chi connectivity index (χ3n) is 4.41. The molecule has 8 nitrogen and oxygen atoms in total. The molecule has 2 aromatic rings. The van der Waals surface area contributed by atoms with Gasteiger partial charge in [-0.3, -0.25) is 9.29 Å². The summed E-state index contributed by atoms with van der Waals surface area (Å²) < 4.78 is 33.6. The highest BCUT2D eigenvalue weighted by Gasteiger charge is 2.31. The molecule has 3 rings (SSSR count). The van der Waals surface area contributed by atoms with Crippen molar-refractivity contribution in [3.05, 3.63) is 66.8 Å². The average Bonchev–Trinajstić information content (AvgIpc) is 3.06. The van der Waals surface area contributed by atoms with Crippen LogP contribution in [0.2, 0.25) is 0 Å². The molecule has 0 radical (unpaired) electrons. The van der Waals surface area contributed by atoms with Gasteiger partial charge in [0.2, 0.25) is 0 Å². The van der Waals surface area contributed by atoms with Crippen LogP contribution in [0, 0.1) is 0 Å². The second-order valence-corrected chi connectivity index (χ2v) is 8.31. The van der Waals surface area contributed by atoms with Crippen molar-refractivity contribution in [3.8, 4) is 5.75 Å². The van der Waals surface area contributed by atoms with Crippen molar-refractivity contribution in [3.63, 3.8) is 0 Å². The highest BCUT2D eigenvalue weighted by molar-refractivity contribution is 7.91. The minimum Gasteiger partial charge on any atom is -0.494 e. The summed E-state index contributed by atoms with van der Waals surface area (Å²) in [6.45, 7) is 3.44. The molecular formula is C21H26N4O4S. The van der Waals surface area contributed by atoms with Gasteiger partial charge in [-0.15, -0.1) is 0 Å². The van der Waals surface area contributed by atoms with E-state index in [0.717, 1.165) is 30.6 Å². The van der Waals surface area contributed by atoms with Gasteiger partial charge in [0.05, 0.1) is 18.5 Å². The second-order valence-electron chi connectivity index (χ2n) is 6.55. The molecule has 2 heterocycles. The van der Waals surface area contributed by atoms with E-state index in [9.17, 15) is 8.42 Å². The molecular weight excluding hydrogens is 404 g/mol. The second kappa shape index (κ2) is 10.6. The Kier molecular flexibility index (Phi) is 7.67. The number of aromatic nitrogens is 1. The largest absolute Gasteiger partial charge is 0.494 e. The van der Waals surface area contributed by atoms with Crippen LogP contribution in [-0.2, 0) is 15.0 Å². The Bertz CT molecular complexity index is 947. The third-order valence-corrected chi connectivity index (χ3v) is 6.13. The molecule has 0 aliphatic carbocycles. The molecule has 0 fully saturated rings. The number of unbranched alkanes of at least 4 members (excludes halogenated alkanes) is 2. The number of oxime groups is 1. The van der Waals surface area contributed by atoms with Crippen LogP contribution in [0.5, 0.6) is 5.75 Å². The first-order chi connectivity index (χ1) is 14.6. The molecule has 0 saturated heterocycles. The van der Waals surface area contributed by atoms with Crippen LogP contribution in [0.15, 0.2) is 66.3 Å². The summed E-state index contributed by atoms with van der Waals surface area (Å²) in [5.41, 5.74) is 1.52. The van der Waals surface area contributed by atoms with Crippen molar-refractivity contribution in [2.24, 2.45) is 5.16 Å². The zero-order valence-corrected chi connectivity index (χ0v) is 17.7. The SMILES string of the molecule is CCO/N=C/c1ccc(OCCCCCN2C=CN(c3ccncc3)S2(=O)=O)cc1. The van der Waals surface area contributed by atoms with Crippen molar-refractivity contribution in [1.82, 2.24) is 9.29 Å². The molecule has 0 saturated carbocycles. The average molecular weight is 431 g/mol. The highest BCUT2D eigenvalue weighted by Crippen LogP contribution is 2.25. The van der Waals surface area contributed by atoms with Crippen molar-refractivity contribution < 1.29 is 18.0 Å². The maximum atomic E-state index is 12.6. The van der Waals surface area contributed by atoms with Crippen LogP contribution in [-0.4, -0.2) is 43.7 Å². The van der Waals surface area contributed by atoms with Crippen molar-refractivity contribution in [2.75, 3.05) is 24.1 Å². The van der Waals surface area contributed by atoms with Gasteiger partial charge in [0, 0.05) is 31.3 Å². The van der Waals surface area contributed by atoms with E-state index in [4.69, 9.17) is 9.57 Å². The van der Waals surface area contributed by atoms with Gasteiger partial charge in [-0.25, -0.2) is 4.31 Å². The van der Waals surface area contributed by atoms with Gasteiger partial charge >= 0.3 is 10.2 Å². The number of nitrogens with zero attached hydrogens (tertiary/aromatic N) is 4. The summed E-state index contributed by atoms with van der Waals surface area (Å²) in [4.78, 5) is 8.86. The fourth-order valence-corrected chi connectivity index (χ4v) is 4.25. The Morgan fingerprint density at radius 3 is 2.53 bits per heavy atom. The first-order valence-electron chi connectivity index (χ1n) is 9.89. The highest BCUT2D eigenvalue weighted by atomic mass is 32.2. The lowest BCUT2D eigenvalue weighted by Gasteiger charge is -2.21. The van der Waals surface area contributed by atoms with E-state index >= 15 is 0 Å². The number of ether oxygens (including phenoxy) is 1. The number of anilines is 1. The number of pyridine rings is 1. The predicted octanol–water partition coefficient (Wildman–Crippen LogP) is 3.54. The molecule has 0 amide bonds. The van der Waals surface area contributed by atoms with Crippen LogP contribution in [0.4, 0.5) is 5.69 Å². The van der Waals surface area contributed by atoms with E-state index in [1.54, 1.807) is 43.1 Å². The third kappa shape index (κ3) is 5.73. The van der Waals surface area contributed by atoms with Crippen LogP contribution in [0.3, 0.4) is 0 Å². The summed E-state index contributed by atoms with van der Waals surface area (Å²) >= 11 is 0. The van der Waals surface area contributed by atoms with Gasteiger partial charge in [-0.05, 0) is 68.1 Å². The monoisotopic (exact) mass is 430 g/mol. The zero-order valence-electron chi connectivity index (χ0n) is 16.9. The summed E-state index contributed by atoms with van der Waals surface area (Å²) in [5.74, 6) is 0.793. The minimum atomic E-state index is -3.55. The maximum absolute atomic E-state index is 12.6. The molecule has 0 unspecified atom stereocenters. The lowest BCUT2D eigenvalue weighted by molar-refractivity contribution is 0.160. The number of rotatable bonds is 11. The zero-order chi connectivity index (χ0) is 21.2. The molecule has 9 heteroatoms. The Hall–Kier alpha value is -3.07. The Balaban J connectivity index is 1.35. The summed E-state index contributed by atoms with van der Waals surface area (Å²) in [5, 5.41) is 3.83. The Labute approximate surface area is 177 Å². The van der Waals surface area contributed by atoms with Gasteiger partial charge in [-0.2, -0.15) is 8.42 Å². The molecule has 1 aliphatic rings. The van der Waals surface area contributed by atoms with E-state index in [-0.39, 0.29) is 0 Å². The van der Waals surface area contributed by atoms with E-state index in [1.807, 2.05) is 31.2 Å². The summed E-state index contributed by atoms with van der Waals surface area (Å²) in [7, 11) is -3.55. The fourth-order valence-electron chi connectivity index (χ4n) is 2.86. The van der Waals surface area contributed by atoms with E-state index in [0.29, 0.717) is 25.4 Å². The van der Waals surface area contributed by atoms with Crippen molar-refractivity contribution in [1.29, 1.82) is 0 Å². The van der Waals surface area contributed by atoms with Crippen LogP contribution < -0.4 is 9.04 Å². The minimum absolute atomic E-state index is 0.439. The van der Waals surface area contributed by atoms with Crippen LogP contribution in [0.1, 0.15) is 31.7 Å². The molecule has 0 N–H and O–H groups in total. The van der Waals surface area contributed by atoms with Crippen molar-refractivity contribution in [2.45, 2.75) is 26.2 Å². The smallest absolute Gasteiger partial charge is 0.329 e. The molecule has 0 bridgehead atoms. The standard InChI is InChI=1S/C21H26N4O4S/c1-2-29-23-18-19-6-8-21(9-7-19)28-17-5-3-4-14-24-15-16-25(30(24,26)27)20-10-12-22-13-11-20/h6-13,15-16,18H,2-5,14,17H2,1H3/b23-18+. The van der Waals surface area contributed by atoms with Gasteiger partial charge in [0.15, 0.2) is 0 Å². The Morgan fingerprint density at radius 1 is 1.03 bits per heavy atom.